The summed E-state index contributed by atoms with van der Waals surface area (Å²) in [7, 11) is 2.90. The van der Waals surface area contributed by atoms with Crippen LogP contribution in [0.5, 0.6) is 17.2 Å². The van der Waals surface area contributed by atoms with Crippen LogP contribution in [0.2, 0.25) is 0 Å². The third kappa shape index (κ3) is 5.77. The number of hydrogen-bond donors (Lipinski definition) is 2. The van der Waals surface area contributed by atoms with Crippen LogP contribution in [0.3, 0.4) is 0 Å². The number of carboxylic acids is 1. The van der Waals surface area contributed by atoms with Crippen molar-refractivity contribution < 1.29 is 56.4 Å². The summed E-state index contributed by atoms with van der Waals surface area (Å²) < 4.78 is 53.6. The summed E-state index contributed by atoms with van der Waals surface area (Å²) in [6, 6.07) is 10.8. The summed E-state index contributed by atoms with van der Waals surface area (Å²) in [6.45, 7) is 6.17. The second-order valence-corrected chi connectivity index (χ2v) is 10.9. The second-order valence-electron chi connectivity index (χ2n) is 10.9. The van der Waals surface area contributed by atoms with Crippen molar-refractivity contribution in [1.82, 2.24) is 10.2 Å². The van der Waals surface area contributed by atoms with Crippen molar-refractivity contribution in [1.29, 1.82) is 0 Å². The molecule has 14 heteroatoms. The standard InChI is InChI=1S/C28H32N2O7.C2HF3O2/c1-6-30-25(31)22-23(26(30)32)28(13-15(2)3,27(33)35-5)29-24(22)17-7-9-18(20(12-17)34-4)16-8-10-19-21(11-16)37-14-36-19;3-2(4,5)1(6)7/h7-12,15,22-24,29H,6,13-14H2,1-5H3;(H,6,7)/t22-,23-,24-,28-;/m1./s1. The number of carbonyl (C=O) groups excluding carboxylic acids is 3. The third-order valence-corrected chi connectivity index (χ3v) is 7.85. The Balaban J connectivity index is 0.000000566. The fraction of sp³-hybridized carbons (Fsp3) is 0.467. The number of nitrogens with zero attached hydrogens (tertiary/aromatic N) is 1. The molecule has 2 aromatic carbocycles. The van der Waals surface area contributed by atoms with Gasteiger partial charge in [0.05, 0.1) is 26.1 Å². The Morgan fingerprint density at radius 2 is 1.75 bits per heavy atom. The van der Waals surface area contributed by atoms with Crippen molar-refractivity contribution in [3.8, 4) is 28.4 Å². The molecule has 44 heavy (non-hydrogen) atoms. The summed E-state index contributed by atoms with van der Waals surface area (Å²) in [5.74, 6) is -3.44. The summed E-state index contributed by atoms with van der Waals surface area (Å²) in [4.78, 5) is 50.4. The molecule has 238 valence electrons. The number of amides is 2. The normalized spacial score (nSPS) is 23.8. The van der Waals surface area contributed by atoms with E-state index in [1.54, 1.807) is 14.0 Å². The molecule has 2 fully saturated rings. The Bertz CT molecular complexity index is 1460. The summed E-state index contributed by atoms with van der Waals surface area (Å²) in [6.07, 6.45) is -4.72. The van der Waals surface area contributed by atoms with Crippen LogP contribution in [-0.4, -0.2) is 73.0 Å². The molecule has 0 bridgehead atoms. The lowest BCUT2D eigenvalue weighted by Crippen LogP contribution is -2.57. The SMILES string of the molecule is CCN1C(=O)[C@H]2[C@@H](c3ccc(-c4ccc5c(c4)OCO5)c(OC)c3)N[C@@](CC(C)C)(C(=O)OC)[C@H]2C1=O.O=C(O)C(F)(F)F. The maximum Gasteiger partial charge on any atom is 0.490 e. The Labute approximate surface area is 251 Å². The molecule has 5 rings (SSSR count). The Hall–Kier alpha value is -4.33. The van der Waals surface area contributed by atoms with E-state index in [0.29, 0.717) is 23.7 Å². The molecule has 2 amide bonds. The zero-order valence-electron chi connectivity index (χ0n) is 24.7. The first-order valence-corrected chi connectivity index (χ1v) is 13.8. The lowest BCUT2D eigenvalue weighted by molar-refractivity contribution is -0.192. The second kappa shape index (κ2) is 12.3. The number of hydrogen-bond acceptors (Lipinski definition) is 9. The lowest BCUT2D eigenvalue weighted by Gasteiger charge is -2.33. The number of benzene rings is 2. The van der Waals surface area contributed by atoms with E-state index in [-0.39, 0.29) is 31.1 Å². The molecule has 0 aliphatic carbocycles. The number of carboxylic acid groups (broad SMARTS) is 1. The zero-order valence-corrected chi connectivity index (χ0v) is 24.7. The molecule has 2 aromatic rings. The Morgan fingerprint density at radius 1 is 1.09 bits per heavy atom. The molecule has 3 aliphatic heterocycles. The van der Waals surface area contributed by atoms with E-state index in [1.165, 1.54) is 12.0 Å². The summed E-state index contributed by atoms with van der Waals surface area (Å²) in [5, 5.41) is 10.5. The van der Waals surface area contributed by atoms with Crippen LogP contribution >= 0.6 is 0 Å². The van der Waals surface area contributed by atoms with E-state index in [4.69, 9.17) is 28.8 Å². The number of halogens is 3. The minimum atomic E-state index is -5.08. The number of imide groups is 1. The van der Waals surface area contributed by atoms with Gasteiger partial charge in [0.2, 0.25) is 18.6 Å². The van der Waals surface area contributed by atoms with Crippen LogP contribution in [0.4, 0.5) is 13.2 Å². The monoisotopic (exact) mass is 622 g/mol. The van der Waals surface area contributed by atoms with E-state index in [0.717, 1.165) is 16.7 Å². The molecular formula is C30H33F3N2O9. The van der Waals surface area contributed by atoms with Gasteiger partial charge in [0.15, 0.2) is 11.5 Å². The predicted octanol–water partition coefficient (Wildman–Crippen LogP) is 3.95. The third-order valence-electron chi connectivity index (χ3n) is 7.85. The van der Waals surface area contributed by atoms with E-state index < -0.39 is 41.5 Å². The largest absolute Gasteiger partial charge is 0.496 e. The first-order valence-electron chi connectivity index (χ1n) is 13.8. The molecule has 11 nitrogen and oxygen atoms in total. The fourth-order valence-corrected chi connectivity index (χ4v) is 6.15. The van der Waals surface area contributed by atoms with Crippen LogP contribution in [0.1, 0.15) is 38.8 Å². The maximum atomic E-state index is 13.5. The minimum Gasteiger partial charge on any atom is -0.496 e. The van der Waals surface area contributed by atoms with Gasteiger partial charge in [-0.05, 0) is 48.6 Å². The Morgan fingerprint density at radius 3 is 2.32 bits per heavy atom. The smallest absolute Gasteiger partial charge is 0.490 e. The molecule has 4 atom stereocenters. The van der Waals surface area contributed by atoms with E-state index in [9.17, 15) is 27.6 Å². The highest BCUT2D eigenvalue weighted by Gasteiger charge is 2.68. The number of aliphatic carboxylic acids is 1. The number of likely N-dealkylation sites (tertiary alicyclic amines) is 1. The summed E-state index contributed by atoms with van der Waals surface area (Å²) >= 11 is 0. The zero-order chi connectivity index (χ0) is 32.6. The van der Waals surface area contributed by atoms with Gasteiger partial charge < -0.3 is 24.1 Å². The highest BCUT2D eigenvalue weighted by molar-refractivity contribution is 6.09. The molecule has 0 unspecified atom stereocenters. The molecule has 2 N–H and O–H groups in total. The number of rotatable bonds is 7. The van der Waals surface area contributed by atoms with Gasteiger partial charge in [-0.3, -0.25) is 24.6 Å². The van der Waals surface area contributed by atoms with Gasteiger partial charge in [-0.25, -0.2) is 4.79 Å². The van der Waals surface area contributed by atoms with Crippen molar-refractivity contribution in [2.24, 2.45) is 17.8 Å². The lowest BCUT2D eigenvalue weighted by atomic mass is 9.75. The van der Waals surface area contributed by atoms with Gasteiger partial charge in [-0.2, -0.15) is 13.2 Å². The van der Waals surface area contributed by atoms with Crippen molar-refractivity contribution in [2.45, 2.75) is 44.9 Å². The topological polar surface area (TPSA) is 141 Å². The van der Waals surface area contributed by atoms with Crippen LogP contribution in [0.15, 0.2) is 36.4 Å². The number of esters is 1. The maximum absolute atomic E-state index is 13.5. The quantitative estimate of drug-likeness (QED) is 0.345. The van der Waals surface area contributed by atoms with Gasteiger partial charge in [0.1, 0.15) is 11.3 Å². The van der Waals surface area contributed by atoms with Crippen molar-refractivity contribution in [3.63, 3.8) is 0 Å². The highest BCUT2D eigenvalue weighted by Crippen LogP contribution is 2.52. The van der Waals surface area contributed by atoms with Crippen LogP contribution in [0, 0.1) is 17.8 Å². The molecule has 3 heterocycles. The molecule has 0 radical (unpaired) electrons. The van der Waals surface area contributed by atoms with E-state index >= 15 is 0 Å². The van der Waals surface area contributed by atoms with Gasteiger partial charge >= 0.3 is 18.1 Å². The van der Waals surface area contributed by atoms with Crippen molar-refractivity contribution in [3.05, 3.63) is 42.0 Å². The number of nitrogens with one attached hydrogen (secondary N) is 1. The number of alkyl halides is 3. The van der Waals surface area contributed by atoms with E-state index in [2.05, 4.69) is 5.32 Å². The summed E-state index contributed by atoms with van der Waals surface area (Å²) in [5.41, 5.74) is 1.17. The average molecular weight is 623 g/mol. The van der Waals surface area contributed by atoms with Gasteiger partial charge in [-0.15, -0.1) is 0 Å². The van der Waals surface area contributed by atoms with Crippen LogP contribution in [-0.2, 0) is 23.9 Å². The first-order chi connectivity index (χ1) is 20.7. The van der Waals surface area contributed by atoms with Gasteiger partial charge in [0, 0.05) is 18.2 Å². The Kier molecular flexibility index (Phi) is 9.14. The van der Waals surface area contributed by atoms with Gasteiger partial charge in [0.25, 0.3) is 0 Å². The van der Waals surface area contributed by atoms with Crippen LogP contribution in [0.25, 0.3) is 11.1 Å². The fourth-order valence-electron chi connectivity index (χ4n) is 6.15. The molecule has 3 aliphatic rings. The van der Waals surface area contributed by atoms with Crippen LogP contribution < -0.4 is 19.5 Å². The number of ether oxygens (including phenoxy) is 4. The molecule has 0 spiro atoms. The molecule has 2 saturated heterocycles. The number of fused-ring (bicyclic) bond motifs is 2. The van der Waals surface area contributed by atoms with Crippen molar-refractivity contribution >= 4 is 23.8 Å². The van der Waals surface area contributed by atoms with E-state index in [1.807, 2.05) is 50.2 Å². The predicted molar refractivity (Wildman–Crippen MR) is 148 cm³/mol. The molecule has 0 saturated carbocycles. The number of carbonyl (C=O) groups is 4. The molecular weight excluding hydrogens is 589 g/mol. The first kappa shape index (κ1) is 32.6. The highest BCUT2D eigenvalue weighted by atomic mass is 19.4. The average Bonchev–Trinajstić information content (AvgIpc) is 3.65. The minimum absolute atomic E-state index is 0.0764. The number of methoxy groups -OCH3 is 2. The van der Waals surface area contributed by atoms with Gasteiger partial charge in [-0.1, -0.05) is 32.0 Å². The van der Waals surface area contributed by atoms with Crippen molar-refractivity contribution in [2.75, 3.05) is 27.6 Å². The molecule has 0 aromatic heterocycles.